The fourth-order valence-corrected chi connectivity index (χ4v) is 1.71. The molecule has 22 heavy (non-hydrogen) atoms. The smallest absolute Gasteiger partial charge is 0.430 e. The van der Waals surface area contributed by atoms with Gasteiger partial charge in [0, 0.05) is 5.56 Å². The Kier molecular flexibility index (Phi) is 9.41. The molecule has 0 radical (unpaired) electrons. The summed E-state index contributed by atoms with van der Waals surface area (Å²) in [7, 11) is 1.59. The molecule has 0 unspecified atom stereocenters. The lowest BCUT2D eigenvalue weighted by atomic mass is 10.1. The highest BCUT2D eigenvalue weighted by Gasteiger charge is 2.08. The summed E-state index contributed by atoms with van der Waals surface area (Å²) < 4.78 is 11.0. The fraction of sp³-hybridized carbons (Fsp3) is 0.500. The van der Waals surface area contributed by atoms with Gasteiger partial charge in [0.25, 0.3) is 0 Å². The van der Waals surface area contributed by atoms with Gasteiger partial charge in [-0.3, -0.25) is 4.84 Å². The summed E-state index contributed by atoms with van der Waals surface area (Å²) in [4.78, 5) is 15.0. The van der Waals surface area contributed by atoms with Gasteiger partial charge in [-0.1, -0.05) is 32.3 Å². The van der Waals surface area contributed by atoms with Crippen LogP contribution in [0.1, 0.15) is 46.1 Å². The maximum Gasteiger partial charge on any atom is 0.430 e. The van der Waals surface area contributed by atoms with Gasteiger partial charge in [-0.15, -0.1) is 0 Å². The molecule has 0 aliphatic heterocycles. The Morgan fingerprint density at radius 2 is 2.00 bits per heavy atom. The molecule has 124 valence electrons. The molecule has 1 rings (SSSR count). The van der Waals surface area contributed by atoms with E-state index in [0.717, 1.165) is 24.8 Å². The van der Waals surface area contributed by atoms with Gasteiger partial charge in [0.2, 0.25) is 0 Å². The molecule has 0 bridgehead atoms. The molecule has 0 spiro atoms. The van der Waals surface area contributed by atoms with E-state index >= 15 is 0 Å². The van der Waals surface area contributed by atoms with Gasteiger partial charge in [-0.25, -0.2) is 4.79 Å². The van der Waals surface area contributed by atoms with Crippen LogP contribution in [0, 0.1) is 0 Å². The minimum absolute atomic E-state index is 0. The molecular weight excluding hydrogens is 284 g/mol. The Bertz CT molecular complexity index is 501. The molecule has 0 saturated carbocycles. The molecule has 6 heteroatoms. The van der Waals surface area contributed by atoms with E-state index < -0.39 is 6.09 Å². The second-order valence-corrected chi connectivity index (χ2v) is 4.51. The highest BCUT2D eigenvalue weighted by Crippen LogP contribution is 2.28. The SMILES string of the molecule is C.CCCCCOc1cc(/C(C)=N/OC(N)=O)ccc1OC. The predicted octanol–water partition coefficient (Wildman–Crippen LogP) is 3.72. The Labute approximate surface area is 132 Å². The van der Waals surface area contributed by atoms with E-state index in [9.17, 15) is 4.79 Å². The quantitative estimate of drug-likeness (QED) is 0.343. The number of amides is 1. The van der Waals surface area contributed by atoms with Crippen molar-refractivity contribution in [1.82, 2.24) is 0 Å². The average Bonchev–Trinajstić information content (AvgIpc) is 2.49. The number of ether oxygens (including phenoxy) is 2. The second-order valence-electron chi connectivity index (χ2n) is 4.51. The normalized spacial score (nSPS) is 10.6. The first kappa shape index (κ1) is 19.8. The molecule has 6 nitrogen and oxygen atoms in total. The predicted molar refractivity (Wildman–Crippen MR) is 87.6 cm³/mol. The Morgan fingerprint density at radius 1 is 1.27 bits per heavy atom. The number of nitrogens with zero attached hydrogens (tertiary/aromatic N) is 1. The van der Waals surface area contributed by atoms with E-state index in [4.69, 9.17) is 15.2 Å². The van der Waals surface area contributed by atoms with Crippen LogP contribution in [0.25, 0.3) is 0 Å². The molecule has 0 heterocycles. The first-order valence-electron chi connectivity index (χ1n) is 6.90. The van der Waals surface area contributed by atoms with Crippen molar-refractivity contribution in [2.24, 2.45) is 10.9 Å². The number of methoxy groups -OCH3 is 1. The van der Waals surface area contributed by atoms with Gasteiger partial charge in [0.15, 0.2) is 11.5 Å². The highest BCUT2D eigenvalue weighted by atomic mass is 16.7. The van der Waals surface area contributed by atoms with E-state index in [0.29, 0.717) is 23.8 Å². The lowest BCUT2D eigenvalue weighted by Gasteiger charge is -2.12. The van der Waals surface area contributed by atoms with Crippen molar-refractivity contribution in [2.45, 2.75) is 40.5 Å². The minimum atomic E-state index is -0.945. The van der Waals surface area contributed by atoms with Gasteiger partial charge in [-0.2, -0.15) is 0 Å². The van der Waals surface area contributed by atoms with Gasteiger partial charge < -0.3 is 15.2 Å². The fourth-order valence-electron chi connectivity index (χ4n) is 1.71. The van der Waals surface area contributed by atoms with Crippen molar-refractivity contribution in [3.63, 3.8) is 0 Å². The number of hydrogen-bond donors (Lipinski definition) is 1. The Hall–Kier alpha value is -2.24. The first-order chi connectivity index (χ1) is 10.1. The van der Waals surface area contributed by atoms with Crippen LogP contribution in [0.3, 0.4) is 0 Å². The molecule has 1 aromatic carbocycles. The zero-order valence-electron chi connectivity index (χ0n) is 12.7. The number of benzene rings is 1. The van der Waals surface area contributed by atoms with Crippen LogP contribution >= 0.6 is 0 Å². The maximum absolute atomic E-state index is 10.6. The summed E-state index contributed by atoms with van der Waals surface area (Å²) in [6, 6.07) is 5.39. The molecule has 0 aromatic heterocycles. The van der Waals surface area contributed by atoms with Crippen LogP contribution in [0.4, 0.5) is 4.79 Å². The summed E-state index contributed by atoms with van der Waals surface area (Å²) in [5.74, 6) is 1.29. The van der Waals surface area contributed by atoms with E-state index in [1.807, 2.05) is 0 Å². The maximum atomic E-state index is 10.6. The molecule has 1 amide bonds. The van der Waals surface area contributed by atoms with Crippen LogP contribution in [0.2, 0.25) is 0 Å². The van der Waals surface area contributed by atoms with Crippen molar-refractivity contribution in [1.29, 1.82) is 0 Å². The lowest BCUT2D eigenvalue weighted by molar-refractivity contribution is 0.161. The van der Waals surface area contributed by atoms with E-state index in [1.54, 1.807) is 32.2 Å². The monoisotopic (exact) mass is 310 g/mol. The molecule has 0 aliphatic carbocycles. The molecule has 2 N–H and O–H groups in total. The van der Waals surface area contributed by atoms with Crippen LogP contribution in [0.5, 0.6) is 11.5 Å². The number of unbranched alkanes of at least 4 members (excludes halogenated alkanes) is 2. The van der Waals surface area contributed by atoms with Crippen molar-refractivity contribution >= 4 is 11.8 Å². The van der Waals surface area contributed by atoms with Crippen LogP contribution in [0.15, 0.2) is 23.4 Å². The third kappa shape index (κ3) is 6.47. The molecular formula is C16H26N2O4. The van der Waals surface area contributed by atoms with Crippen LogP contribution in [-0.2, 0) is 4.84 Å². The largest absolute Gasteiger partial charge is 0.493 e. The van der Waals surface area contributed by atoms with E-state index in [1.165, 1.54) is 0 Å². The van der Waals surface area contributed by atoms with E-state index in [-0.39, 0.29) is 7.43 Å². The summed E-state index contributed by atoms with van der Waals surface area (Å²) in [6.45, 7) is 4.48. The number of oxime groups is 1. The molecule has 1 aromatic rings. The number of rotatable bonds is 8. The Balaban J connectivity index is 0.00000441. The standard InChI is InChI=1S/C15H22N2O4.CH4/c1-4-5-6-9-20-14-10-12(7-8-13(14)19-3)11(2)17-21-15(16)18;/h7-8,10H,4-6,9H2,1-3H3,(H2,16,18);1H4/b17-11+;. The molecule has 0 fully saturated rings. The second kappa shape index (κ2) is 10.5. The molecule has 0 atom stereocenters. The van der Waals surface area contributed by atoms with Crippen LogP contribution < -0.4 is 15.2 Å². The van der Waals surface area contributed by atoms with Gasteiger partial charge in [-0.05, 0) is 31.5 Å². The number of hydrogen-bond acceptors (Lipinski definition) is 5. The zero-order valence-corrected chi connectivity index (χ0v) is 12.7. The Morgan fingerprint density at radius 3 is 2.59 bits per heavy atom. The lowest BCUT2D eigenvalue weighted by Crippen LogP contribution is -2.11. The first-order valence-corrected chi connectivity index (χ1v) is 6.90. The average molecular weight is 310 g/mol. The van der Waals surface area contributed by atoms with E-state index in [2.05, 4.69) is 16.9 Å². The summed E-state index contributed by atoms with van der Waals surface area (Å²) in [5.41, 5.74) is 6.16. The van der Waals surface area contributed by atoms with Gasteiger partial charge in [0.05, 0.1) is 19.4 Å². The van der Waals surface area contributed by atoms with Crippen LogP contribution in [-0.4, -0.2) is 25.5 Å². The molecule has 0 aliphatic rings. The van der Waals surface area contributed by atoms with Crippen molar-refractivity contribution in [3.8, 4) is 11.5 Å². The number of carbonyl (C=O) groups is 1. The molecule has 0 saturated heterocycles. The third-order valence-corrected chi connectivity index (χ3v) is 2.86. The van der Waals surface area contributed by atoms with Crippen molar-refractivity contribution in [2.75, 3.05) is 13.7 Å². The highest BCUT2D eigenvalue weighted by molar-refractivity contribution is 5.99. The summed E-state index contributed by atoms with van der Waals surface area (Å²) in [5, 5.41) is 3.65. The van der Waals surface area contributed by atoms with Crippen molar-refractivity contribution in [3.05, 3.63) is 23.8 Å². The topological polar surface area (TPSA) is 83.1 Å². The summed E-state index contributed by atoms with van der Waals surface area (Å²) >= 11 is 0. The summed E-state index contributed by atoms with van der Waals surface area (Å²) in [6.07, 6.45) is 2.30. The third-order valence-electron chi connectivity index (χ3n) is 2.86. The minimum Gasteiger partial charge on any atom is -0.493 e. The van der Waals surface area contributed by atoms with Crippen molar-refractivity contribution < 1.29 is 19.1 Å². The number of nitrogens with two attached hydrogens (primary N) is 1. The zero-order chi connectivity index (χ0) is 15.7. The number of primary amides is 1. The van der Waals surface area contributed by atoms with Gasteiger partial charge >= 0.3 is 6.09 Å². The van der Waals surface area contributed by atoms with Gasteiger partial charge in [0.1, 0.15) is 0 Å². The number of carbonyl (C=O) groups excluding carboxylic acids is 1.